The van der Waals surface area contributed by atoms with Crippen LogP contribution in [-0.4, -0.2) is 51.2 Å². The Bertz CT molecular complexity index is 2030. The third kappa shape index (κ3) is 6.08. The lowest BCUT2D eigenvalue weighted by atomic mass is 9.43. The quantitative estimate of drug-likeness (QED) is 0.314. The zero-order valence-corrected chi connectivity index (χ0v) is 37.1. The van der Waals surface area contributed by atoms with E-state index in [0.717, 1.165) is 100 Å². The number of carbonyl (C=O) groups excluding carboxylic acids is 1. The molecule has 0 bridgehead atoms. The Morgan fingerprint density at radius 3 is 1.60 bits per heavy atom. The van der Waals surface area contributed by atoms with Crippen molar-refractivity contribution in [3.63, 3.8) is 0 Å². The van der Waals surface area contributed by atoms with Crippen LogP contribution in [0.25, 0.3) is 0 Å². The van der Waals surface area contributed by atoms with Crippen LogP contribution in [0.3, 0.4) is 0 Å². The Labute approximate surface area is 357 Å². The van der Waals surface area contributed by atoms with Gasteiger partial charge in [-0.25, -0.2) is 9.59 Å². The molecule has 1 unspecified atom stereocenters. The SMILES string of the molecule is C[C@]12CCC(=O)C[C@H]1CC[C@@H]1[C@@H]2CC[C@]2(C)[C@@H](c3ccc(=O)oc3)CC[C@]12O.C[C@]12CCC(N3CCCC3)C[C@H]1CC[C@@H]1[C@@H]2CC[C@]2(C)[C@@H](c3ccc(=O)oc3)CC[C@]12O. The van der Waals surface area contributed by atoms with E-state index in [2.05, 4.69) is 32.6 Å². The van der Waals surface area contributed by atoms with Gasteiger partial charge >= 0.3 is 11.3 Å². The minimum atomic E-state index is -0.661. The molecule has 0 spiro atoms. The molecule has 2 aromatic rings. The van der Waals surface area contributed by atoms with Gasteiger partial charge in [0, 0.05) is 41.8 Å². The summed E-state index contributed by atoms with van der Waals surface area (Å²) in [5.41, 5.74) is 0.608. The van der Waals surface area contributed by atoms with Crippen molar-refractivity contribution in [3.8, 4) is 0 Å². The third-order valence-corrected chi connectivity index (χ3v) is 21.4. The van der Waals surface area contributed by atoms with Crippen LogP contribution < -0.4 is 11.3 Å². The first kappa shape index (κ1) is 41.5. The second-order valence-corrected chi connectivity index (χ2v) is 23.1. The van der Waals surface area contributed by atoms with E-state index in [1.165, 1.54) is 70.5 Å². The largest absolute Gasteiger partial charge is 0.431 e. The lowest BCUT2D eigenvalue weighted by Gasteiger charge is -2.64. The van der Waals surface area contributed by atoms with Crippen molar-refractivity contribution in [1.29, 1.82) is 0 Å². The zero-order chi connectivity index (χ0) is 41.9. The van der Waals surface area contributed by atoms with Gasteiger partial charge in [-0.05, 0) is 210 Å². The van der Waals surface area contributed by atoms with E-state index in [0.29, 0.717) is 40.8 Å². The highest BCUT2D eigenvalue weighted by Crippen LogP contribution is 2.72. The number of hydrogen-bond acceptors (Lipinski definition) is 8. The van der Waals surface area contributed by atoms with Gasteiger partial charge in [-0.15, -0.1) is 0 Å². The van der Waals surface area contributed by atoms with Crippen molar-refractivity contribution in [1.82, 2.24) is 4.90 Å². The van der Waals surface area contributed by atoms with E-state index >= 15 is 0 Å². The summed E-state index contributed by atoms with van der Waals surface area (Å²) in [6.07, 6.45) is 25.4. The van der Waals surface area contributed by atoms with Crippen LogP contribution in [0, 0.1) is 57.2 Å². The van der Waals surface area contributed by atoms with E-state index in [1.54, 1.807) is 18.6 Å². The van der Waals surface area contributed by atoms with E-state index in [4.69, 9.17) is 8.83 Å². The molecule has 2 aromatic heterocycles. The number of likely N-dealkylation sites (tertiary alicyclic amines) is 1. The van der Waals surface area contributed by atoms with E-state index < -0.39 is 11.2 Å². The maximum absolute atomic E-state index is 12.4. The second-order valence-electron chi connectivity index (χ2n) is 23.1. The first-order valence-electron chi connectivity index (χ1n) is 24.5. The summed E-state index contributed by atoms with van der Waals surface area (Å²) >= 11 is 0. The van der Waals surface area contributed by atoms with Gasteiger partial charge in [0.05, 0.1) is 23.7 Å². The maximum atomic E-state index is 12.4. The molecule has 8 heteroatoms. The molecule has 0 aromatic carbocycles. The fraction of sp³-hybridized carbons (Fsp3) is 0.788. The molecule has 8 nitrogen and oxygen atoms in total. The molecule has 328 valence electrons. The third-order valence-electron chi connectivity index (χ3n) is 21.4. The van der Waals surface area contributed by atoms with Crippen LogP contribution >= 0.6 is 0 Å². The van der Waals surface area contributed by atoms with E-state index in [-0.39, 0.29) is 39.3 Å². The molecule has 2 N–H and O–H groups in total. The van der Waals surface area contributed by atoms with Crippen LogP contribution in [0.1, 0.15) is 179 Å². The molecule has 11 rings (SSSR count). The summed E-state index contributed by atoms with van der Waals surface area (Å²) < 4.78 is 10.4. The minimum Gasteiger partial charge on any atom is -0.431 e. The van der Waals surface area contributed by atoms with Crippen LogP contribution in [-0.2, 0) is 4.79 Å². The number of Topliss-reactive ketones (excluding diaryl/α,β-unsaturated/α-hetero) is 1. The summed E-state index contributed by atoms with van der Waals surface area (Å²) in [5.74, 6) is 4.21. The Morgan fingerprint density at radius 1 is 0.567 bits per heavy atom. The molecule has 9 aliphatic rings. The molecular weight excluding hydrogens is 751 g/mol. The van der Waals surface area contributed by atoms with E-state index in [9.17, 15) is 24.6 Å². The van der Waals surface area contributed by atoms with Crippen LogP contribution in [0.15, 0.2) is 55.2 Å². The average molecular weight is 824 g/mol. The highest BCUT2D eigenvalue weighted by atomic mass is 16.4. The van der Waals surface area contributed by atoms with Gasteiger partial charge in [0.1, 0.15) is 5.78 Å². The van der Waals surface area contributed by atoms with Crippen LogP contribution in [0.5, 0.6) is 0 Å². The summed E-state index contributed by atoms with van der Waals surface area (Å²) in [5, 5.41) is 24.5. The Kier molecular flexibility index (Phi) is 10.2. The van der Waals surface area contributed by atoms with Gasteiger partial charge in [0.2, 0.25) is 0 Å². The van der Waals surface area contributed by atoms with Crippen LogP contribution in [0.2, 0.25) is 0 Å². The number of nitrogens with zero attached hydrogens (tertiary/aromatic N) is 1. The fourth-order valence-electron chi connectivity index (χ4n) is 17.9. The molecule has 60 heavy (non-hydrogen) atoms. The molecule has 15 atom stereocenters. The summed E-state index contributed by atoms with van der Waals surface area (Å²) in [7, 11) is 0. The maximum Gasteiger partial charge on any atom is 0.335 e. The van der Waals surface area contributed by atoms with Gasteiger partial charge in [0.15, 0.2) is 0 Å². The Hall–Kier alpha value is -2.55. The van der Waals surface area contributed by atoms with Crippen LogP contribution in [0.4, 0.5) is 0 Å². The monoisotopic (exact) mass is 824 g/mol. The average Bonchev–Trinajstić information content (AvgIpc) is 3.94. The van der Waals surface area contributed by atoms with Crippen molar-refractivity contribution in [2.45, 2.75) is 185 Å². The Balaban J connectivity index is 0.000000146. The normalized spacial score (nSPS) is 48.4. The molecule has 3 heterocycles. The van der Waals surface area contributed by atoms with Crippen molar-refractivity contribution >= 4 is 5.78 Å². The van der Waals surface area contributed by atoms with Crippen molar-refractivity contribution in [2.24, 2.45) is 57.2 Å². The highest BCUT2D eigenvalue weighted by molar-refractivity contribution is 5.79. The number of hydrogen-bond donors (Lipinski definition) is 2. The molecular formula is C52H73NO7. The molecule has 0 amide bonds. The summed E-state index contributed by atoms with van der Waals surface area (Å²) in [6, 6.07) is 7.70. The van der Waals surface area contributed by atoms with Gasteiger partial charge in [0.25, 0.3) is 0 Å². The minimum absolute atomic E-state index is 0.121. The van der Waals surface area contributed by atoms with Gasteiger partial charge in [-0.2, -0.15) is 0 Å². The van der Waals surface area contributed by atoms with Gasteiger partial charge < -0.3 is 23.9 Å². The predicted octanol–water partition coefficient (Wildman–Crippen LogP) is 9.80. The Morgan fingerprint density at radius 2 is 1.08 bits per heavy atom. The molecule has 1 saturated heterocycles. The second kappa shape index (κ2) is 14.8. The number of fused-ring (bicyclic) bond motifs is 10. The molecule has 8 aliphatic carbocycles. The number of rotatable bonds is 3. The molecule has 1 aliphatic heterocycles. The number of ketones is 1. The van der Waals surface area contributed by atoms with E-state index in [1.807, 2.05) is 12.1 Å². The molecule has 8 saturated carbocycles. The predicted molar refractivity (Wildman–Crippen MR) is 231 cm³/mol. The summed E-state index contributed by atoms with van der Waals surface area (Å²) in [4.78, 5) is 37.8. The van der Waals surface area contributed by atoms with Crippen molar-refractivity contribution in [3.05, 3.63) is 68.8 Å². The summed E-state index contributed by atoms with van der Waals surface area (Å²) in [6.45, 7) is 12.2. The smallest absolute Gasteiger partial charge is 0.335 e. The number of carbonyl (C=O) groups is 1. The zero-order valence-electron chi connectivity index (χ0n) is 37.1. The van der Waals surface area contributed by atoms with Crippen molar-refractivity contribution in [2.75, 3.05) is 13.1 Å². The molecule has 0 radical (unpaired) electrons. The van der Waals surface area contributed by atoms with Crippen molar-refractivity contribution < 1.29 is 23.8 Å². The van der Waals surface area contributed by atoms with Gasteiger partial charge in [-0.3, -0.25) is 4.79 Å². The highest BCUT2D eigenvalue weighted by Gasteiger charge is 2.69. The fourth-order valence-corrected chi connectivity index (χ4v) is 17.9. The number of aliphatic hydroxyl groups is 2. The molecule has 9 fully saturated rings. The topological polar surface area (TPSA) is 121 Å². The lowest BCUT2D eigenvalue weighted by Crippen LogP contribution is -2.62. The lowest BCUT2D eigenvalue weighted by molar-refractivity contribution is -0.203. The standard InChI is InChI=1S/C28H41NO3.C24H32O4/c1-26-12-9-21(29-15-3-4-16-29)17-20(26)6-7-24-23(26)10-13-27(2)22(11-14-28(24,27)31)19-5-8-25(30)32-18-19;1-22-10-7-17(25)13-16(22)4-5-20-19(22)8-11-23(2)18(9-12-24(20,23)27)15-3-6-21(26)28-14-15/h5,8,18,20-24,31H,3-4,6-7,9-17H2,1-2H3;3,6,14,16,18-20,27H,4-5,7-13H2,1-2H3/t20-,21?,22-,23+,24-,26+,27-,28+;16-,18-,19+,20-,22+,23-,24+/m11/s1. The first-order valence-corrected chi connectivity index (χ1v) is 24.5. The van der Waals surface area contributed by atoms with Gasteiger partial charge in [-0.1, -0.05) is 27.7 Å². The first-order chi connectivity index (χ1) is 28.6.